The molecule has 0 atom stereocenters. The van der Waals surface area contributed by atoms with Crippen molar-refractivity contribution in [3.05, 3.63) is 39.4 Å². The minimum Gasteiger partial charge on any atom is -0.228 e. The fraction of sp³-hybridized carbons (Fsp3) is 0.286. The summed E-state index contributed by atoms with van der Waals surface area (Å²) in [5.74, 6) is 1.31. The topological polar surface area (TPSA) is 51.6 Å². The first-order valence-corrected chi connectivity index (χ1v) is 8.63. The van der Waals surface area contributed by atoms with Crippen molar-refractivity contribution in [3.8, 4) is 0 Å². The maximum Gasteiger partial charge on any atom is 0.188 e. The Morgan fingerprint density at radius 3 is 2.52 bits per heavy atom. The number of nitrogens with zero attached hydrogens (tertiary/aromatic N) is 4. The average Bonchev–Trinajstić information content (AvgIpc) is 2.91. The lowest BCUT2D eigenvalue weighted by atomic mass is 10.2. The predicted octanol–water partition coefficient (Wildman–Crippen LogP) is 4.35. The van der Waals surface area contributed by atoms with Gasteiger partial charge in [-0.2, -0.15) is 0 Å². The van der Waals surface area contributed by atoms with Crippen LogP contribution in [-0.2, 0) is 5.75 Å². The molecule has 0 saturated carbocycles. The molecule has 0 amide bonds. The summed E-state index contributed by atoms with van der Waals surface area (Å²) < 4.78 is 0. The van der Waals surface area contributed by atoms with Crippen LogP contribution < -0.4 is 0 Å². The first-order chi connectivity index (χ1) is 10.0. The van der Waals surface area contributed by atoms with Gasteiger partial charge in [-0.25, -0.2) is 19.9 Å². The molecule has 0 aliphatic carbocycles. The minimum atomic E-state index is 0.508. The number of hydrogen-bond acceptors (Lipinski definition) is 6. The molecule has 7 heteroatoms. The molecule has 0 unspecified atom stereocenters. The summed E-state index contributed by atoms with van der Waals surface area (Å²) in [7, 11) is 0. The SMILES string of the molecule is Cc1nc(SCc2nc(Cl)c3ccsc3n2)nc(C)c1C. The highest BCUT2D eigenvalue weighted by atomic mass is 35.5. The van der Waals surface area contributed by atoms with Crippen molar-refractivity contribution < 1.29 is 0 Å². The average molecular weight is 337 g/mol. The van der Waals surface area contributed by atoms with Crippen molar-refractivity contribution >= 4 is 44.9 Å². The molecule has 0 bridgehead atoms. The number of thioether (sulfide) groups is 1. The van der Waals surface area contributed by atoms with Gasteiger partial charge < -0.3 is 0 Å². The van der Waals surface area contributed by atoms with Crippen molar-refractivity contribution in [3.63, 3.8) is 0 Å². The van der Waals surface area contributed by atoms with Gasteiger partial charge in [-0.1, -0.05) is 23.4 Å². The second kappa shape index (κ2) is 5.87. The summed E-state index contributed by atoms with van der Waals surface area (Å²) in [4.78, 5) is 18.8. The summed E-state index contributed by atoms with van der Waals surface area (Å²) in [6.07, 6.45) is 0. The van der Waals surface area contributed by atoms with E-state index in [4.69, 9.17) is 11.6 Å². The Morgan fingerprint density at radius 1 is 1.10 bits per heavy atom. The number of thiophene rings is 1. The molecule has 21 heavy (non-hydrogen) atoms. The van der Waals surface area contributed by atoms with Crippen LogP contribution in [-0.4, -0.2) is 19.9 Å². The maximum absolute atomic E-state index is 6.17. The second-order valence-corrected chi connectivity index (χ2v) is 6.86. The summed E-state index contributed by atoms with van der Waals surface area (Å²) in [6, 6.07) is 1.94. The molecule has 3 rings (SSSR count). The zero-order valence-electron chi connectivity index (χ0n) is 11.8. The molecule has 4 nitrogen and oxygen atoms in total. The van der Waals surface area contributed by atoms with Crippen molar-refractivity contribution in [2.75, 3.05) is 0 Å². The van der Waals surface area contributed by atoms with Gasteiger partial charge >= 0.3 is 0 Å². The van der Waals surface area contributed by atoms with Crippen LogP contribution in [0, 0.1) is 20.8 Å². The van der Waals surface area contributed by atoms with Crippen molar-refractivity contribution in [1.82, 2.24) is 19.9 Å². The van der Waals surface area contributed by atoms with Gasteiger partial charge in [0, 0.05) is 16.8 Å². The Bertz CT molecular complexity index is 793. The molecule has 3 aromatic rings. The van der Waals surface area contributed by atoms with Gasteiger partial charge in [0.15, 0.2) is 5.16 Å². The highest BCUT2D eigenvalue weighted by molar-refractivity contribution is 7.98. The third kappa shape index (κ3) is 3.02. The van der Waals surface area contributed by atoms with E-state index in [-0.39, 0.29) is 0 Å². The van der Waals surface area contributed by atoms with E-state index in [1.807, 2.05) is 32.2 Å². The summed E-state index contributed by atoms with van der Waals surface area (Å²) in [5.41, 5.74) is 3.16. The smallest absolute Gasteiger partial charge is 0.188 e. The molecule has 3 aromatic heterocycles. The normalized spacial score (nSPS) is 11.2. The van der Waals surface area contributed by atoms with Gasteiger partial charge in [-0.3, -0.25) is 0 Å². The number of aromatic nitrogens is 4. The van der Waals surface area contributed by atoms with Crippen LogP contribution in [0.4, 0.5) is 0 Å². The first kappa shape index (κ1) is 14.7. The lowest BCUT2D eigenvalue weighted by Crippen LogP contribution is -1.99. The monoisotopic (exact) mass is 336 g/mol. The van der Waals surface area contributed by atoms with Crippen LogP contribution in [0.1, 0.15) is 22.8 Å². The quantitative estimate of drug-likeness (QED) is 0.404. The Morgan fingerprint density at radius 2 is 1.81 bits per heavy atom. The Labute approximate surface area is 136 Å². The van der Waals surface area contributed by atoms with Crippen LogP contribution in [0.2, 0.25) is 5.15 Å². The van der Waals surface area contributed by atoms with Gasteiger partial charge in [-0.05, 0) is 37.8 Å². The van der Waals surface area contributed by atoms with E-state index in [0.717, 1.165) is 32.3 Å². The molecule has 0 N–H and O–H groups in total. The zero-order valence-corrected chi connectivity index (χ0v) is 14.2. The molecule has 108 valence electrons. The number of aryl methyl sites for hydroxylation is 2. The van der Waals surface area contributed by atoms with Crippen molar-refractivity contribution in [1.29, 1.82) is 0 Å². The molecule has 0 saturated heterocycles. The van der Waals surface area contributed by atoms with Crippen LogP contribution in [0.5, 0.6) is 0 Å². The third-order valence-electron chi connectivity index (χ3n) is 3.27. The van der Waals surface area contributed by atoms with Gasteiger partial charge in [0.2, 0.25) is 0 Å². The molecule has 0 spiro atoms. The van der Waals surface area contributed by atoms with Crippen LogP contribution in [0.15, 0.2) is 16.6 Å². The molecule has 0 aliphatic heterocycles. The minimum absolute atomic E-state index is 0.508. The molecule has 3 heterocycles. The van der Waals surface area contributed by atoms with Gasteiger partial charge in [-0.15, -0.1) is 11.3 Å². The van der Waals surface area contributed by atoms with Crippen LogP contribution >= 0.6 is 34.7 Å². The van der Waals surface area contributed by atoms with Crippen LogP contribution in [0.25, 0.3) is 10.2 Å². The number of rotatable bonds is 3. The number of halogens is 1. The highest BCUT2D eigenvalue weighted by Crippen LogP contribution is 2.27. The van der Waals surface area contributed by atoms with Gasteiger partial charge in [0.05, 0.1) is 5.75 Å². The maximum atomic E-state index is 6.17. The molecule has 0 aromatic carbocycles. The van der Waals surface area contributed by atoms with E-state index in [1.165, 1.54) is 11.8 Å². The molecule has 0 aliphatic rings. The van der Waals surface area contributed by atoms with E-state index in [1.54, 1.807) is 11.3 Å². The Kier molecular flexibility index (Phi) is 4.10. The fourth-order valence-electron chi connectivity index (χ4n) is 1.86. The number of fused-ring (bicyclic) bond motifs is 1. The second-order valence-electron chi connectivity index (χ2n) is 4.66. The lowest BCUT2D eigenvalue weighted by Gasteiger charge is -2.06. The molecular formula is C14H13ClN4S2. The van der Waals surface area contributed by atoms with Crippen LogP contribution in [0.3, 0.4) is 0 Å². The van der Waals surface area contributed by atoms with Gasteiger partial charge in [0.1, 0.15) is 15.8 Å². The van der Waals surface area contributed by atoms with Gasteiger partial charge in [0.25, 0.3) is 0 Å². The van der Waals surface area contributed by atoms with E-state index in [9.17, 15) is 0 Å². The fourth-order valence-corrected chi connectivity index (χ4v) is 3.74. The highest BCUT2D eigenvalue weighted by Gasteiger charge is 2.10. The zero-order chi connectivity index (χ0) is 15.0. The first-order valence-electron chi connectivity index (χ1n) is 6.39. The largest absolute Gasteiger partial charge is 0.228 e. The third-order valence-corrected chi connectivity index (χ3v) is 5.21. The molecular weight excluding hydrogens is 324 g/mol. The lowest BCUT2D eigenvalue weighted by molar-refractivity contribution is 0.879. The summed E-state index contributed by atoms with van der Waals surface area (Å²) in [5, 5.41) is 4.14. The Balaban J connectivity index is 1.83. The summed E-state index contributed by atoms with van der Waals surface area (Å²) >= 11 is 9.27. The van der Waals surface area contributed by atoms with E-state index >= 15 is 0 Å². The van der Waals surface area contributed by atoms with Crippen molar-refractivity contribution in [2.24, 2.45) is 0 Å². The Hall–Kier alpha value is -1.24. The number of hydrogen-bond donors (Lipinski definition) is 0. The van der Waals surface area contributed by atoms with E-state index in [2.05, 4.69) is 19.9 Å². The standard InChI is InChI=1S/C14H13ClN4S2/c1-7-8(2)16-14(17-9(7)3)21-6-11-18-12(15)10-4-5-20-13(10)19-11/h4-5H,6H2,1-3H3. The molecule has 0 radical (unpaired) electrons. The van der Waals surface area contributed by atoms with E-state index < -0.39 is 0 Å². The van der Waals surface area contributed by atoms with Crippen molar-refractivity contribution in [2.45, 2.75) is 31.7 Å². The predicted molar refractivity (Wildman–Crippen MR) is 88.2 cm³/mol. The van der Waals surface area contributed by atoms with E-state index in [0.29, 0.717) is 16.7 Å². The summed E-state index contributed by atoms with van der Waals surface area (Å²) in [6.45, 7) is 6.03. The molecule has 0 fully saturated rings.